The molecule has 0 aromatic heterocycles. The Hall–Kier alpha value is -0.0800. The first-order valence-electron chi connectivity index (χ1n) is 6.46. The third-order valence-corrected chi connectivity index (χ3v) is 4.11. The summed E-state index contributed by atoms with van der Waals surface area (Å²) in [5, 5.41) is 3.61. The molecular formula is C13H26N2. The van der Waals surface area contributed by atoms with Gasteiger partial charge >= 0.3 is 0 Å². The number of hydrogen-bond acceptors (Lipinski definition) is 2. The highest BCUT2D eigenvalue weighted by Gasteiger charge is 2.49. The molecule has 2 rings (SSSR count). The monoisotopic (exact) mass is 210 g/mol. The SMILES string of the molecule is CC1CNC(C)CCN(C2CC2(C)C)C1. The van der Waals surface area contributed by atoms with Gasteiger partial charge in [0.05, 0.1) is 0 Å². The largest absolute Gasteiger partial charge is 0.314 e. The number of nitrogens with zero attached hydrogens (tertiary/aromatic N) is 1. The lowest BCUT2D eigenvalue weighted by Crippen LogP contribution is -2.44. The predicted molar refractivity (Wildman–Crippen MR) is 65.0 cm³/mol. The summed E-state index contributed by atoms with van der Waals surface area (Å²) in [5.41, 5.74) is 0.593. The molecule has 3 atom stereocenters. The van der Waals surface area contributed by atoms with E-state index in [4.69, 9.17) is 0 Å². The average Bonchev–Trinajstić information content (AvgIpc) is 2.76. The van der Waals surface area contributed by atoms with Crippen molar-refractivity contribution in [2.24, 2.45) is 11.3 Å². The van der Waals surface area contributed by atoms with E-state index < -0.39 is 0 Å². The minimum atomic E-state index is 0.593. The molecule has 3 unspecified atom stereocenters. The quantitative estimate of drug-likeness (QED) is 0.713. The van der Waals surface area contributed by atoms with Gasteiger partial charge in [-0.2, -0.15) is 0 Å². The predicted octanol–water partition coefficient (Wildman–Crippen LogP) is 2.10. The second-order valence-corrected chi connectivity index (χ2v) is 6.41. The summed E-state index contributed by atoms with van der Waals surface area (Å²) in [5.74, 6) is 0.796. The van der Waals surface area contributed by atoms with Crippen molar-refractivity contribution in [3.8, 4) is 0 Å². The van der Waals surface area contributed by atoms with Gasteiger partial charge in [-0.05, 0) is 44.2 Å². The summed E-state index contributed by atoms with van der Waals surface area (Å²) < 4.78 is 0. The van der Waals surface area contributed by atoms with Crippen molar-refractivity contribution < 1.29 is 0 Å². The first-order valence-corrected chi connectivity index (χ1v) is 6.46. The van der Waals surface area contributed by atoms with E-state index in [2.05, 4.69) is 37.9 Å². The van der Waals surface area contributed by atoms with Gasteiger partial charge in [0.25, 0.3) is 0 Å². The fraction of sp³-hybridized carbons (Fsp3) is 1.00. The molecule has 0 spiro atoms. The Morgan fingerprint density at radius 3 is 2.53 bits per heavy atom. The van der Waals surface area contributed by atoms with Crippen LogP contribution in [0.4, 0.5) is 0 Å². The molecule has 0 radical (unpaired) electrons. The van der Waals surface area contributed by atoms with Crippen molar-refractivity contribution in [1.82, 2.24) is 10.2 Å². The van der Waals surface area contributed by atoms with Crippen LogP contribution in [0.5, 0.6) is 0 Å². The second kappa shape index (κ2) is 4.06. The molecule has 88 valence electrons. The molecule has 1 saturated carbocycles. The molecule has 2 heteroatoms. The van der Waals surface area contributed by atoms with Crippen molar-refractivity contribution in [3.05, 3.63) is 0 Å². The van der Waals surface area contributed by atoms with Crippen molar-refractivity contribution in [2.45, 2.75) is 52.6 Å². The second-order valence-electron chi connectivity index (χ2n) is 6.41. The summed E-state index contributed by atoms with van der Waals surface area (Å²) in [7, 11) is 0. The van der Waals surface area contributed by atoms with E-state index in [0.29, 0.717) is 11.5 Å². The lowest BCUT2D eigenvalue weighted by molar-refractivity contribution is 0.176. The van der Waals surface area contributed by atoms with Crippen LogP contribution in [0.1, 0.15) is 40.5 Å². The molecule has 1 saturated heterocycles. The molecule has 1 heterocycles. The average molecular weight is 210 g/mol. The van der Waals surface area contributed by atoms with Gasteiger partial charge in [0, 0.05) is 18.6 Å². The Morgan fingerprint density at radius 1 is 1.27 bits per heavy atom. The van der Waals surface area contributed by atoms with E-state index >= 15 is 0 Å². The van der Waals surface area contributed by atoms with E-state index in [1.807, 2.05) is 0 Å². The summed E-state index contributed by atoms with van der Waals surface area (Å²) >= 11 is 0. The van der Waals surface area contributed by atoms with Gasteiger partial charge in [-0.25, -0.2) is 0 Å². The Bertz CT molecular complexity index is 225. The first-order chi connectivity index (χ1) is 6.99. The molecular weight excluding hydrogens is 184 g/mol. The molecule has 2 nitrogen and oxygen atoms in total. The van der Waals surface area contributed by atoms with Gasteiger partial charge in [0.1, 0.15) is 0 Å². The maximum atomic E-state index is 3.61. The third-order valence-electron chi connectivity index (χ3n) is 4.11. The summed E-state index contributed by atoms with van der Waals surface area (Å²) in [6.45, 7) is 13.2. The van der Waals surface area contributed by atoms with E-state index in [1.165, 1.54) is 32.5 Å². The molecule has 0 aromatic carbocycles. The van der Waals surface area contributed by atoms with E-state index in [9.17, 15) is 0 Å². The highest BCUT2D eigenvalue weighted by atomic mass is 15.2. The highest BCUT2D eigenvalue weighted by Crippen LogP contribution is 2.48. The van der Waals surface area contributed by atoms with Gasteiger partial charge in [0.2, 0.25) is 0 Å². The van der Waals surface area contributed by atoms with E-state index in [-0.39, 0.29) is 0 Å². The Kier molecular flexibility index (Phi) is 3.09. The van der Waals surface area contributed by atoms with Crippen LogP contribution in [0.2, 0.25) is 0 Å². The van der Waals surface area contributed by atoms with Gasteiger partial charge in [-0.1, -0.05) is 20.8 Å². The van der Waals surface area contributed by atoms with Crippen LogP contribution in [-0.2, 0) is 0 Å². The van der Waals surface area contributed by atoms with Crippen LogP contribution >= 0.6 is 0 Å². The lowest BCUT2D eigenvalue weighted by Gasteiger charge is -2.32. The third kappa shape index (κ3) is 2.73. The highest BCUT2D eigenvalue weighted by molar-refractivity contribution is 5.03. The first kappa shape index (κ1) is 11.4. The molecule has 1 aliphatic heterocycles. The molecule has 0 amide bonds. The van der Waals surface area contributed by atoms with Crippen LogP contribution in [-0.4, -0.2) is 36.6 Å². The minimum Gasteiger partial charge on any atom is -0.314 e. The van der Waals surface area contributed by atoms with Crippen LogP contribution in [0.15, 0.2) is 0 Å². The summed E-state index contributed by atoms with van der Waals surface area (Å²) in [6.07, 6.45) is 2.71. The van der Waals surface area contributed by atoms with Gasteiger partial charge in [-0.15, -0.1) is 0 Å². The fourth-order valence-corrected chi connectivity index (χ4v) is 2.77. The van der Waals surface area contributed by atoms with Crippen LogP contribution in [0.25, 0.3) is 0 Å². The zero-order valence-corrected chi connectivity index (χ0v) is 10.7. The van der Waals surface area contributed by atoms with Crippen molar-refractivity contribution in [2.75, 3.05) is 19.6 Å². The topological polar surface area (TPSA) is 15.3 Å². The van der Waals surface area contributed by atoms with Gasteiger partial charge in [0.15, 0.2) is 0 Å². The van der Waals surface area contributed by atoms with Crippen LogP contribution in [0, 0.1) is 11.3 Å². The maximum Gasteiger partial charge on any atom is 0.0153 e. The molecule has 2 fully saturated rings. The zero-order valence-electron chi connectivity index (χ0n) is 10.7. The molecule has 2 aliphatic rings. The smallest absolute Gasteiger partial charge is 0.0153 e. The molecule has 15 heavy (non-hydrogen) atoms. The minimum absolute atomic E-state index is 0.593. The molecule has 1 aliphatic carbocycles. The van der Waals surface area contributed by atoms with E-state index in [1.54, 1.807) is 0 Å². The molecule has 0 aromatic rings. The van der Waals surface area contributed by atoms with Gasteiger partial charge in [-0.3, -0.25) is 4.90 Å². The Morgan fingerprint density at radius 2 is 1.93 bits per heavy atom. The van der Waals surface area contributed by atoms with Crippen molar-refractivity contribution in [1.29, 1.82) is 0 Å². The van der Waals surface area contributed by atoms with Crippen molar-refractivity contribution >= 4 is 0 Å². The molecule has 0 bridgehead atoms. The van der Waals surface area contributed by atoms with Gasteiger partial charge < -0.3 is 5.32 Å². The number of rotatable bonds is 1. The normalized spacial score (nSPS) is 42.0. The Labute approximate surface area is 94.4 Å². The molecule has 1 N–H and O–H groups in total. The summed E-state index contributed by atoms with van der Waals surface area (Å²) in [4.78, 5) is 2.74. The number of nitrogens with one attached hydrogen (secondary N) is 1. The fourth-order valence-electron chi connectivity index (χ4n) is 2.77. The maximum absolute atomic E-state index is 3.61. The van der Waals surface area contributed by atoms with Crippen LogP contribution < -0.4 is 5.32 Å². The summed E-state index contributed by atoms with van der Waals surface area (Å²) in [6, 6.07) is 1.56. The van der Waals surface area contributed by atoms with Crippen LogP contribution in [0.3, 0.4) is 0 Å². The lowest BCUT2D eigenvalue weighted by atomic mass is 10.1. The Balaban J connectivity index is 1.92. The standard InChI is InChI=1S/C13H26N2/c1-10-8-14-11(2)5-6-15(9-10)12-7-13(12,3)4/h10-12,14H,5-9H2,1-4H3. The van der Waals surface area contributed by atoms with E-state index in [0.717, 1.165) is 12.0 Å². The van der Waals surface area contributed by atoms with Crippen molar-refractivity contribution in [3.63, 3.8) is 0 Å². The number of hydrogen-bond donors (Lipinski definition) is 1. The zero-order chi connectivity index (χ0) is 11.1.